The summed E-state index contributed by atoms with van der Waals surface area (Å²) in [6.07, 6.45) is 0. The average molecular weight is 291 g/mol. The molecule has 1 aromatic heterocycles. The van der Waals surface area contributed by atoms with Crippen LogP contribution < -0.4 is 0 Å². The third kappa shape index (κ3) is 2.72. The van der Waals surface area contributed by atoms with Gasteiger partial charge >= 0.3 is 0 Å². The van der Waals surface area contributed by atoms with Gasteiger partial charge < -0.3 is 0 Å². The van der Waals surface area contributed by atoms with Crippen molar-refractivity contribution in [3.05, 3.63) is 53.6 Å². The Kier molecular flexibility index (Phi) is 3.28. The lowest BCUT2D eigenvalue weighted by atomic mass is 9.85. The normalized spacial score (nSPS) is 13.0. The van der Waals surface area contributed by atoms with E-state index in [0.29, 0.717) is 0 Å². The van der Waals surface area contributed by atoms with Crippen LogP contribution in [-0.2, 0) is 10.8 Å². The highest BCUT2D eigenvalue weighted by molar-refractivity contribution is 5.93. The average Bonchev–Trinajstić information content (AvgIpc) is 2.41. The van der Waals surface area contributed by atoms with Gasteiger partial charge in [-0.25, -0.2) is 4.98 Å². The molecule has 0 aliphatic rings. The predicted molar refractivity (Wildman–Crippen MR) is 96.6 cm³/mol. The highest BCUT2D eigenvalue weighted by Gasteiger charge is 2.16. The molecule has 0 aliphatic heterocycles. The third-order valence-corrected chi connectivity index (χ3v) is 4.34. The molecule has 0 radical (unpaired) electrons. The van der Waals surface area contributed by atoms with Gasteiger partial charge in [0.15, 0.2) is 0 Å². The van der Waals surface area contributed by atoms with Gasteiger partial charge in [0, 0.05) is 10.8 Å². The number of aromatic nitrogens is 1. The molecule has 22 heavy (non-hydrogen) atoms. The van der Waals surface area contributed by atoms with Gasteiger partial charge in [0.25, 0.3) is 0 Å². The van der Waals surface area contributed by atoms with Crippen LogP contribution >= 0.6 is 0 Å². The van der Waals surface area contributed by atoms with Gasteiger partial charge in [-0.3, -0.25) is 0 Å². The van der Waals surface area contributed by atoms with Crippen LogP contribution in [0.5, 0.6) is 0 Å². The Balaban J connectivity index is 2.24. The van der Waals surface area contributed by atoms with Crippen LogP contribution in [-0.4, -0.2) is 4.98 Å². The zero-order chi connectivity index (χ0) is 16.1. The summed E-state index contributed by atoms with van der Waals surface area (Å²) in [5.74, 6) is 0. The second kappa shape index (κ2) is 4.81. The lowest BCUT2D eigenvalue weighted by molar-refractivity contribution is 0.591. The minimum atomic E-state index is 0.151. The maximum atomic E-state index is 4.93. The molecule has 0 aliphatic carbocycles. The van der Waals surface area contributed by atoms with Crippen molar-refractivity contribution in [3.8, 4) is 0 Å². The first-order valence-corrected chi connectivity index (χ1v) is 8.00. The van der Waals surface area contributed by atoms with Crippen molar-refractivity contribution in [1.29, 1.82) is 0 Å². The fraction of sp³-hybridized carbons (Fsp3) is 0.381. The Morgan fingerprint density at radius 2 is 1.00 bits per heavy atom. The maximum absolute atomic E-state index is 4.93. The van der Waals surface area contributed by atoms with Crippen LogP contribution in [0.4, 0.5) is 0 Å². The highest BCUT2D eigenvalue weighted by Crippen LogP contribution is 2.29. The van der Waals surface area contributed by atoms with Crippen LogP contribution in [0, 0.1) is 0 Å². The molecule has 0 N–H and O–H groups in total. The molecule has 1 heteroatoms. The summed E-state index contributed by atoms with van der Waals surface area (Å²) in [6.45, 7) is 13.5. The Hall–Kier alpha value is -1.89. The Morgan fingerprint density at radius 3 is 1.36 bits per heavy atom. The first kappa shape index (κ1) is 15.0. The van der Waals surface area contributed by atoms with Crippen molar-refractivity contribution < 1.29 is 0 Å². The summed E-state index contributed by atoms with van der Waals surface area (Å²) in [5.41, 5.74) is 5.14. The molecule has 0 unspecified atom stereocenters. The number of pyridine rings is 1. The number of rotatable bonds is 0. The van der Waals surface area contributed by atoms with Crippen molar-refractivity contribution >= 4 is 21.8 Å². The lowest BCUT2D eigenvalue weighted by Gasteiger charge is -2.20. The van der Waals surface area contributed by atoms with E-state index in [2.05, 4.69) is 84.0 Å². The molecule has 0 amide bonds. The molecule has 3 aromatic rings. The molecule has 3 rings (SSSR count). The molecule has 0 atom stereocenters. The molecular formula is C21H25N. The van der Waals surface area contributed by atoms with E-state index in [0.717, 1.165) is 11.0 Å². The van der Waals surface area contributed by atoms with E-state index in [9.17, 15) is 0 Å². The minimum Gasteiger partial charge on any atom is -0.248 e. The summed E-state index contributed by atoms with van der Waals surface area (Å²) in [5, 5.41) is 2.42. The van der Waals surface area contributed by atoms with E-state index >= 15 is 0 Å². The molecule has 0 saturated heterocycles. The monoisotopic (exact) mass is 291 g/mol. The van der Waals surface area contributed by atoms with Crippen LogP contribution in [0.15, 0.2) is 42.5 Å². The molecule has 1 nitrogen and oxygen atoms in total. The summed E-state index contributed by atoms with van der Waals surface area (Å²) in [7, 11) is 0. The van der Waals surface area contributed by atoms with Gasteiger partial charge in [-0.2, -0.15) is 0 Å². The van der Waals surface area contributed by atoms with E-state index < -0.39 is 0 Å². The first-order chi connectivity index (χ1) is 10.1. The van der Waals surface area contributed by atoms with Gasteiger partial charge in [-0.15, -0.1) is 0 Å². The number of hydrogen-bond acceptors (Lipinski definition) is 1. The summed E-state index contributed by atoms with van der Waals surface area (Å²) >= 11 is 0. The largest absolute Gasteiger partial charge is 0.248 e. The number of fused-ring (bicyclic) bond motifs is 2. The van der Waals surface area contributed by atoms with Gasteiger partial charge in [0.05, 0.1) is 11.0 Å². The van der Waals surface area contributed by atoms with E-state index in [1.165, 1.54) is 21.9 Å². The van der Waals surface area contributed by atoms with Gasteiger partial charge in [-0.1, -0.05) is 65.8 Å². The molecule has 0 saturated carbocycles. The molecule has 0 spiro atoms. The SMILES string of the molecule is CC(C)(C)c1ccc2cc3ccc(C(C)(C)C)cc3nc2c1. The Morgan fingerprint density at radius 1 is 0.591 bits per heavy atom. The Bertz CT molecular complexity index is 776. The highest BCUT2D eigenvalue weighted by atomic mass is 14.7. The van der Waals surface area contributed by atoms with Crippen molar-refractivity contribution in [2.75, 3.05) is 0 Å². The quantitative estimate of drug-likeness (QED) is 0.464. The van der Waals surface area contributed by atoms with Crippen LogP contribution in [0.1, 0.15) is 52.7 Å². The second-order valence-electron chi connectivity index (χ2n) is 8.30. The molecular weight excluding hydrogens is 266 g/mol. The van der Waals surface area contributed by atoms with Crippen molar-refractivity contribution in [2.45, 2.75) is 52.4 Å². The van der Waals surface area contributed by atoms with Gasteiger partial charge in [0.2, 0.25) is 0 Å². The standard InChI is InChI=1S/C21H25N/c1-20(2,3)16-9-7-14-11-15-8-10-17(21(4,5)6)13-19(15)22-18(14)12-16/h7-13H,1-6H3. The molecule has 0 fully saturated rings. The smallest absolute Gasteiger partial charge is 0.0712 e. The first-order valence-electron chi connectivity index (χ1n) is 8.00. The van der Waals surface area contributed by atoms with E-state index in [1.807, 2.05) is 0 Å². The maximum Gasteiger partial charge on any atom is 0.0712 e. The minimum absolute atomic E-state index is 0.151. The van der Waals surface area contributed by atoms with Crippen molar-refractivity contribution in [1.82, 2.24) is 4.98 Å². The Labute approximate surface area is 133 Å². The molecule has 2 aromatic carbocycles. The summed E-state index contributed by atoms with van der Waals surface area (Å²) in [4.78, 5) is 4.93. The van der Waals surface area contributed by atoms with Gasteiger partial charge in [-0.05, 0) is 40.2 Å². The van der Waals surface area contributed by atoms with E-state index in [-0.39, 0.29) is 10.8 Å². The van der Waals surface area contributed by atoms with Crippen LogP contribution in [0.2, 0.25) is 0 Å². The topological polar surface area (TPSA) is 12.9 Å². The predicted octanol–water partition coefficient (Wildman–Crippen LogP) is 5.98. The number of hydrogen-bond donors (Lipinski definition) is 0. The number of benzene rings is 2. The molecule has 1 heterocycles. The van der Waals surface area contributed by atoms with Gasteiger partial charge in [0.1, 0.15) is 0 Å². The molecule has 114 valence electrons. The number of nitrogens with zero attached hydrogens (tertiary/aromatic N) is 1. The zero-order valence-electron chi connectivity index (χ0n) is 14.5. The summed E-state index contributed by atoms with van der Waals surface area (Å²) < 4.78 is 0. The lowest BCUT2D eigenvalue weighted by Crippen LogP contribution is -2.11. The van der Waals surface area contributed by atoms with E-state index in [1.54, 1.807) is 0 Å². The van der Waals surface area contributed by atoms with Crippen LogP contribution in [0.25, 0.3) is 21.8 Å². The molecule has 0 bridgehead atoms. The van der Waals surface area contributed by atoms with Crippen molar-refractivity contribution in [3.63, 3.8) is 0 Å². The van der Waals surface area contributed by atoms with E-state index in [4.69, 9.17) is 4.98 Å². The zero-order valence-corrected chi connectivity index (χ0v) is 14.5. The third-order valence-electron chi connectivity index (χ3n) is 4.34. The van der Waals surface area contributed by atoms with Crippen molar-refractivity contribution in [2.24, 2.45) is 0 Å². The fourth-order valence-corrected chi connectivity index (χ4v) is 2.76. The summed E-state index contributed by atoms with van der Waals surface area (Å²) in [6, 6.07) is 15.5. The van der Waals surface area contributed by atoms with Crippen LogP contribution in [0.3, 0.4) is 0 Å². The second-order valence-corrected chi connectivity index (χ2v) is 8.30. The fourth-order valence-electron chi connectivity index (χ4n) is 2.76.